The Balaban J connectivity index is 1.18. The molecule has 8 heteroatoms. The number of aryl methyl sites for hydroxylation is 1. The molecule has 1 saturated heterocycles. The van der Waals surface area contributed by atoms with Crippen molar-refractivity contribution in [1.29, 1.82) is 0 Å². The van der Waals surface area contributed by atoms with Gasteiger partial charge in [-0.15, -0.1) is 10.2 Å². The standard InChI is InChI=1S/C25H27N7O/c1-31-15-23-22(30-31)8-7-20(27-23)16-5-6-19(24(33)13-16)21-9-10-25(29-28-21)32-12-11-18(14-32)26-17-3-2-4-17/h5-10,13,15,17-18,26,33H,2-4,11-12,14H2,1H3. The Bertz CT molecular complexity index is 1300. The van der Waals surface area contributed by atoms with Crippen LogP contribution in [-0.2, 0) is 7.05 Å². The third-order valence-electron chi connectivity index (χ3n) is 6.79. The number of fused-ring (bicyclic) bond motifs is 1. The summed E-state index contributed by atoms with van der Waals surface area (Å²) in [4.78, 5) is 6.95. The summed E-state index contributed by atoms with van der Waals surface area (Å²) in [5.74, 6) is 1.05. The van der Waals surface area contributed by atoms with E-state index in [1.54, 1.807) is 10.7 Å². The summed E-state index contributed by atoms with van der Waals surface area (Å²) in [7, 11) is 1.88. The maximum absolute atomic E-state index is 10.7. The number of aromatic hydroxyl groups is 1. The normalized spacial score (nSPS) is 18.7. The minimum Gasteiger partial charge on any atom is -0.507 e. The molecule has 3 aromatic heterocycles. The molecule has 6 rings (SSSR count). The van der Waals surface area contributed by atoms with Gasteiger partial charge in [0.1, 0.15) is 16.8 Å². The second-order valence-electron chi connectivity index (χ2n) is 9.14. The van der Waals surface area contributed by atoms with E-state index >= 15 is 0 Å². The first-order valence-electron chi connectivity index (χ1n) is 11.6. The number of phenolic OH excluding ortho intramolecular Hbond substituents is 1. The zero-order valence-corrected chi connectivity index (χ0v) is 18.6. The number of nitrogens with one attached hydrogen (secondary N) is 1. The van der Waals surface area contributed by atoms with Crippen molar-refractivity contribution in [3.63, 3.8) is 0 Å². The fraction of sp³-hybridized carbons (Fsp3) is 0.360. The molecular weight excluding hydrogens is 414 g/mol. The van der Waals surface area contributed by atoms with Crippen LogP contribution < -0.4 is 10.2 Å². The summed E-state index contributed by atoms with van der Waals surface area (Å²) < 4.78 is 1.75. The monoisotopic (exact) mass is 441 g/mol. The minimum absolute atomic E-state index is 0.161. The van der Waals surface area contributed by atoms with Crippen molar-refractivity contribution >= 4 is 16.9 Å². The van der Waals surface area contributed by atoms with Crippen LogP contribution in [0.2, 0.25) is 0 Å². The summed E-state index contributed by atoms with van der Waals surface area (Å²) >= 11 is 0. The van der Waals surface area contributed by atoms with E-state index in [0.29, 0.717) is 23.3 Å². The van der Waals surface area contributed by atoms with E-state index in [-0.39, 0.29) is 5.75 Å². The highest BCUT2D eigenvalue weighted by atomic mass is 16.3. The lowest BCUT2D eigenvalue weighted by molar-refractivity contribution is 0.311. The number of aromatic nitrogens is 5. The molecule has 4 heterocycles. The topological polar surface area (TPSA) is 92.0 Å². The highest BCUT2D eigenvalue weighted by Crippen LogP contribution is 2.33. The van der Waals surface area contributed by atoms with Gasteiger partial charge >= 0.3 is 0 Å². The van der Waals surface area contributed by atoms with Crippen LogP contribution in [0.15, 0.2) is 48.7 Å². The molecule has 0 spiro atoms. The molecule has 1 aliphatic heterocycles. The van der Waals surface area contributed by atoms with Gasteiger partial charge < -0.3 is 15.3 Å². The van der Waals surface area contributed by atoms with Crippen LogP contribution in [0, 0.1) is 0 Å². The third kappa shape index (κ3) is 3.91. The number of hydrogen-bond acceptors (Lipinski definition) is 7. The van der Waals surface area contributed by atoms with Crippen molar-refractivity contribution in [2.75, 3.05) is 18.0 Å². The van der Waals surface area contributed by atoms with Crippen molar-refractivity contribution in [1.82, 2.24) is 30.3 Å². The van der Waals surface area contributed by atoms with Gasteiger partial charge in [0, 0.05) is 43.3 Å². The average molecular weight is 442 g/mol. The average Bonchev–Trinajstić information content (AvgIpc) is 3.41. The lowest BCUT2D eigenvalue weighted by Crippen LogP contribution is -2.43. The molecule has 2 fully saturated rings. The first-order chi connectivity index (χ1) is 16.1. The SMILES string of the molecule is Cn1cc2nc(-c3ccc(-c4ccc(N5CCC(NC6CCC6)C5)nn4)c(O)c3)ccc2n1. The zero-order chi connectivity index (χ0) is 22.4. The predicted molar refractivity (Wildman–Crippen MR) is 128 cm³/mol. The summed E-state index contributed by atoms with van der Waals surface area (Å²) in [6.45, 7) is 1.96. The predicted octanol–water partition coefficient (Wildman–Crippen LogP) is 3.52. The Kier molecular flexibility index (Phi) is 4.95. The summed E-state index contributed by atoms with van der Waals surface area (Å²) in [6, 6.07) is 14.6. The number of phenols is 1. The highest BCUT2D eigenvalue weighted by molar-refractivity contribution is 5.79. The second kappa shape index (κ2) is 8.12. The van der Waals surface area contributed by atoms with Gasteiger partial charge in [0.2, 0.25) is 0 Å². The Hall–Kier alpha value is -3.52. The van der Waals surface area contributed by atoms with Gasteiger partial charge in [-0.1, -0.05) is 12.5 Å². The van der Waals surface area contributed by atoms with Crippen molar-refractivity contribution in [3.05, 3.63) is 48.7 Å². The van der Waals surface area contributed by atoms with Gasteiger partial charge in [0.25, 0.3) is 0 Å². The zero-order valence-electron chi connectivity index (χ0n) is 18.6. The van der Waals surface area contributed by atoms with E-state index in [4.69, 9.17) is 0 Å². The second-order valence-corrected chi connectivity index (χ2v) is 9.14. The third-order valence-corrected chi connectivity index (χ3v) is 6.79. The Morgan fingerprint density at radius 2 is 1.82 bits per heavy atom. The van der Waals surface area contributed by atoms with Gasteiger partial charge in [-0.25, -0.2) is 4.98 Å². The molecule has 2 N–H and O–H groups in total. The van der Waals surface area contributed by atoms with Crippen LogP contribution in [0.25, 0.3) is 33.5 Å². The minimum atomic E-state index is 0.161. The van der Waals surface area contributed by atoms with Crippen molar-refractivity contribution in [2.45, 2.75) is 37.8 Å². The molecule has 0 bridgehead atoms. The molecule has 1 unspecified atom stereocenters. The van der Waals surface area contributed by atoms with Gasteiger partial charge in [-0.2, -0.15) is 5.10 Å². The molecule has 0 amide bonds. The van der Waals surface area contributed by atoms with E-state index in [1.807, 2.05) is 49.6 Å². The van der Waals surface area contributed by atoms with Crippen molar-refractivity contribution < 1.29 is 5.11 Å². The maximum Gasteiger partial charge on any atom is 0.151 e. The van der Waals surface area contributed by atoms with Gasteiger partial charge in [0.05, 0.1) is 17.6 Å². The first kappa shape index (κ1) is 20.1. The number of nitrogens with zero attached hydrogens (tertiary/aromatic N) is 6. The van der Waals surface area contributed by atoms with Crippen LogP contribution in [0.3, 0.4) is 0 Å². The maximum atomic E-state index is 10.7. The van der Waals surface area contributed by atoms with E-state index in [0.717, 1.165) is 47.6 Å². The molecule has 1 aromatic carbocycles. The smallest absolute Gasteiger partial charge is 0.151 e. The molecule has 2 aliphatic rings. The molecule has 1 aliphatic carbocycles. The number of hydrogen-bond donors (Lipinski definition) is 2. The number of pyridine rings is 1. The van der Waals surface area contributed by atoms with Crippen molar-refractivity contribution in [3.8, 4) is 28.3 Å². The molecule has 8 nitrogen and oxygen atoms in total. The molecule has 33 heavy (non-hydrogen) atoms. The Labute approximate surface area is 192 Å². The Morgan fingerprint density at radius 3 is 2.58 bits per heavy atom. The van der Waals surface area contributed by atoms with Crippen LogP contribution in [-0.4, -0.2) is 55.2 Å². The quantitative estimate of drug-likeness (QED) is 0.490. The van der Waals surface area contributed by atoms with E-state index in [2.05, 4.69) is 30.5 Å². The molecule has 0 radical (unpaired) electrons. The molecule has 4 aromatic rings. The van der Waals surface area contributed by atoms with Crippen LogP contribution in [0.5, 0.6) is 5.75 Å². The molecule has 168 valence electrons. The lowest BCUT2D eigenvalue weighted by Gasteiger charge is -2.29. The summed E-state index contributed by atoms with van der Waals surface area (Å²) in [5.41, 5.74) is 4.62. The van der Waals surface area contributed by atoms with Crippen molar-refractivity contribution in [2.24, 2.45) is 7.05 Å². The number of rotatable bonds is 5. The number of anilines is 1. The fourth-order valence-electron chi connectivity index (χ4n) is 4.74. The summed E-state index contributed by atoms with van der Waals surface area (Å²) in [5, 5.41) is 27.7. The van der Waals surface area contributed by atoms with Gasteiger partial charge in [-0.05, 0) is 55.7 Å². The van der Waals surface area contributed by atoms with Crippen LogP contribution >= 0.6 is 0 Å². The summed E-state index contributed by atoms with van der Waals surface area (Å²) in [6.07, 6.45) is 6.99. The Morgan fingerprint density at radius 1 is 0.939 bits per heavy atom. The highest BCUT2D eigenvalue weighted by Gasteiger charge is 2.27. The van der Waals surface area contributed by atoms with Gasteiger partial charge in [-0.3, -0.25) is 4.68 Å². The van der Waals surface area contributed by atoms with Gasteiger partial charge in [0.15, 0.2) is 5.82 Å². The van der Waals surface area contributed by atoms with E-state index in [9.17, 15) is 5.11 Å². The number of benzene rings is 1. The lowest BCUT2D eigenvalue weighted by atomic mass is 9.92. The largest absolute Gasteiger partial charge is 0.507 e. The van der Waals surface area contributed by atoms with Crippen LogP contribution in [0.1, 0.15) is 25.7 Å². The molecular formula is C25H27N7O. The molecule has 1 atom stereocenters. The van der Waals surface area contributed by atoms with Crippen LogP contribution in [0.4, 0.5) is 5.82 Å². The van der Waals surface area contributed by atoms with E-state index in [1.165, 1.54) is 19.3 Å². The first-order valence-corrected chi connectivity index (χ1v) is 11.6. The fourth-order valence-corrected chi connectivity index (χ4v) is 4.74. The van der Waals surface area contributed by atoms with E-state index < -0.39 is 0 Å². The molecule has 1 saturated carbocycles.